The second kappa shape index (κ2) is 7.59. The number of carbonyl (C=O) groups excluding carboxylic acids is 1. The minimum absolute atomic E-state index is 0.0185. The number of halogens is 1. The Morgan fingerprint density at radius 2 is 1.84 bits per heavy atom. The Morgan fingerprint density at radius 3 is 2.44 bits per heavy atom. The summed E-state index contributed by atoms with van der Waals surface area (Å²) in [6, 6.07) is 17.3. The number of rotatable bonds is 7. The second-order valence-corrected chi connectivity index (χ2v) is 7.55. The monoisotopic (exact) mass is 357 g/mol. The minimum atomic E-state index is -1.12. The Bertz CT molecular complexity index is 708. The summed E-state index contributed by atoms with van der Waals surface area (Å²) in [4.78, 5) is 12.4. The van der Waals surface area contributed by atoms with Crippen LogP contribution in [0.1, 0.15) is 43.2 Å². The minimum Gasteiger partial charge on any atom is -0.384 e. The van der Waals surface area contributed by atoms with Gasteiger partial charge in [-0.2, -0.15) is 0 Å². The Labute approximate surface area is 154 Å². The number of carbonyl (C=O) groups is 1. The van der Waals surface area contributed by atoms with E-state index in [1.54, 1.807) is 31.2 Å². The summed E-state index contributed by atoms with van der Waals surface area (Å²) in [5, 5.41) is 14.2. The van der Waals surface area contributed by atoms with E-state index in [4.69, 9.17) is 11.6 Å². The number of hydrogen-bond acceptors (Lipinski definition) is 2. The number of hydrogen-bond donors (Lipinski definition) is 2. The second-order valence-electron chi connectivity index (χ2n) is 7.12. The molecule has 2 aromatic carbocycles. The summed E-state index contributed by atoms with van der Waals surface area (Å²) in [5.41, 5.74) is 0.839. The van der Waals surface area contributed by atoms with Gasteiger partial charge in [0.15, 0.2) is 0 Å². The van der Waals surface area contributed by atoms with Crippen molar-refractivity contribution in [3.63, 3.8) is 0 Å². The molecule has 2 N–H and O–H groups in total. The van der Waals surface area contributed by atoms with Gasteiger partial charge in [0.1, 0.15) is 5.60 Å². The maximum atomic E-state index is 12.4. The van der Waals surface area contributed by atoms with Gasteiger partial charge in [-0.15, -0.1) is 0 Å². The molecule has 1 aliphatic rings. The van der Waals surface area contributed by atoms with Crippen molar-refractivity contribution in [1.82, 2.24) is 5.32 Å². The quantitative estimate of drug-likeness (QED) is 0.778. The molecule has 25 heavy (non-hydrogen) atoms. The van der Waals surface area contributed by atoms with Crippen molar-refractivity contribution in [2.45, 2.75) is 37.7 Å². The summed E-state index contributed by atoms with van der Waals surface area (Å²) < 4.78 is 0. The first-order valence-electron chi connectivity index (χ1n) is 8.76. The molecule has 0 radical (unpaired) electrons. The fourth-order valence-corrected chi connectivity index (χ4v) is 3.34. The average molecular weight is 358 g/mol. The molecule has 3 nitrogen and oxygen atoms in total. The number of aliphatic hydroxyl groups is 1. The van der Waals surface area contributed by atoms with E-state index in [0.717, 1.165) is 5.56 Å². The molecule has 0 saturated heterocycles. The molecule has 2 unspecified atom stereocenters. The van der Waals surface area contributed by atoms with Crippen molar-refractivity contribution < 1.29 is 9.90 Å². The maximum Gasteiger partial charge on any atom is 0.220 e. The Kier molecular flexibility index (Phi) is 5.45. The van der Waals surface area contributed by atoms with Crippen LogP contribution >= 0.6 is 11.6 Å². The molecule has 4 heteroatoms. The normalized spacial score (nSPS) is 17.6. The van der Waals surface area contributed by atoms with Crippen LogP contribution in [0.5, 0.6) is 0 Å². The molecule has 0 heterocycles. The Morgan fingerprint density at radius 1 is 1.20 bits per heavy atom. The molecule has 2 aromatic rings. The van der Waals surface area contributed by atoms with Gasteiger partial charge >= 0.3 is 0 Å². The van der Waals surface area contributed by atoms with Gasteiger partial charge in [-0.3, -0.25) is 4.79 Å². The van der Waals surface area contributed by atoms with E-state index in [9.17, 15) is 9.90 Å². The molecule has 1 saturated carbocycles. The highest BCUT2D eigenvalue weighted by Crippen LogP contribution is 2.44. The van der Waals surface area contributed by atoms with Crippen molar-refractivity contribution in [3.8, 4) is 0 Å². The van der Waals surface area contributed by atoms with E-state index in [-0.39, 0.29) is 18.4 Å². The van der Waals surface area contributed by atoms with Gasteiger partial charge in [0.2, 0.25) is 5.91 Å². The molecule has 1 aliphatic carbocycles. The number of amides is 1. The van der Waals surface area contributed by atoms with Crippen LogP contribution in [0.4, 0.5) is 0 Å². The third kappa shape index (κ3) is 4.83. The lowest BCUT2D eigenvalue weighted by Crippen LogP contribution is -2.39. The molecular formula is C21H24ClNO2. The summed E-state index contributed by atoms with van der Waals surface area (Å²) in [5.74, 6) is 0.849. The van der Waals surface area contributed by atoms with Crippen molar-refractivity contribution in [3.05, 3.63) is 70.7 Å². The smallest absolute Gasteiger partial charge is 0.220 e. The molecule has 1 fully saturated rings. The topological polar surface area (TPSA) is 49.3 Å². The van der Waals surface area contributed by atoms with E-state index >= 15 is 0 Å². The van der Waals surface area contributed by atoms with Crippen LogP contribution in [0, 0.1) is 5.92 Å². The van der Waals surface area contributed by atoms with E-state index in [1.165, 1.54) is 18.4 Å². The fraction of sp³-hybridized carbons (Fsp3) is 0.381. The third-order valence-corrected chi connectivity index (χ3v) is 5.17. The molecule has 0 bridgehead atoms. The standard InChI is InChI=1S/C21H24ClNO2/c1-21(25,17-9-11-18(22)12-10-17)14-23-20(24)13-19(16-7-8-16)15-5-3-2-4-6-15/h2-6,9-12,16,19,25H,7-8,13-14H2,1H3,(H,23,24). The van der Waals surface area contributed by atoms with Gasteiger partial charge in [0, 0.05) is 11.4 Å². The van der Waals surface area contributed by atoms with Crippen molar-refractivity contribution in [2.24, 2.45) is 5.92 Å². The van der Waals surface area contributed by atoms with Crippen LogP contribution in [0.25, 0.3) is 0 Å². The SMILES string of the molecule is CC(O)(CNC(=O)CC(c1ccccc1)C1CC1)c1ccc(Cl)cc1. The van der Waals surface area contributed by atoms with Crippen LogP contribution in [-0.2, 0) is 10.4 Å². The van der Waals surface area contributed by atoms with Crippen LogP contribution in [0.2, 0.25) is 5.02 Å². The van der Waals surface area contributed by atoms with Crippen LogP contribution in [0.3, 0.4) is 0 Å². The van der Waals surface area contributed by atoms with Gasteiger partial charge in [-0.25, -0.2) is 0 Å². The predicted octanol–water partition coefficient (Wildman–Crippen LogP) is 4.25. The third-order valence-electron chi connectivity index (χ3n) is 4.92. The molecule has 1 amide bonds. The lowest BCUT2D eigenvalue weighted by molar-refractivity contribution is -0.122. The summed E-state index contributed by atoms with van der Waals surface area (Å²) >= 11 is 5.89. The first-order valence-corrected chi connectivity index (χ1v) is 9.13. The highest BCUT2D eigenvalue weighted by Gasteiger charge is 2.34. The molecular weight excluding hydrogens is 334 g/mol. The molecule has 3 rings (SSSR count). The van der Waals surface area contributed by atoms with Crippen LogP contribution in [-0.4, -0.2) is 17.6 Å². The zero-order valence-electron chi connectivity index (χ0n) is 14.4. The number of nitrogens with one attached hydrogen (secondary N) is 1. The van der Waals surface area contributed by atoms with Crippen LogP contribution in [0.15, 0.2) is 54.6 Å². The molecule has 0 aromatic heterocycles. The van der Waals surface area contributed by atoms with Crippen molar-refractivity contribution in [1.29, 1.82) is 0 Å². The van der Waals surface area contributed by atoms with E-state index in [1.807, 2.05) is 18.2 Å². The van der Waals surface area contributed by atoms with Crippen LogP contribution < -0.4 is 5.32 Å². The van der Waals surface area contributed by atoms with Crippen molar-refractivity contribution >= 4 is 17.5 Å². The molecule has 0 spiro atoms. The largest absolute Gasteiger partial charge is 0.384 e. The summed E-state index contributed by atoms with van der Waals surface area (Å²) in [6.45, 7) is 1.88. The van der Waals surface area contributed by atoms with Crippen molar-refractivity contribution in [2.75, 3.05) is 6.54 Å². The lowest BCUT2D eigenvalue weighted by Gasteiger charge is -2.25. The van der Waals surface area contributed by atoms with Gasteiger partial charge in [0.05, 0.1) is 6.54 Å². The fourth-order valence-electron chi connectivity index (χ4n) is 3.21. The maximum absolute atomic E-state index is 12.4. The Balaban J connectivity index is 1.59. The summed E-state index contributed by atoms with van der Waals surface area (Å²) in [6.07, 6.45) is 2.84. The van der Waals surface area contributed by atoms with E-state index < -0.39 is 5.60 Å². The predicted molar refractivity (Wildman–Crippen MR) is 101 cm³/mol. The average Bonchev–Trinajstić information content (AvgIpc) is 3.44. The van der Waals surface area contributed by atoms with E-state index in [0.29, 0.717) is 17.4 Å². The molecule has 2 atom stereocenters. The highest BCUT2D eigenvalue weighted by atomic mass is 35.5. The van der Waals surface area contributed by atoms with Gasteiger partial charge in [-0.1, -0.05) is 54.1 Å². The first kappa shape index (κ1) is 18.0. The highest BCUT2D eigenvalue weighted by molar-refractivity contribution is 6.30. The zero-order chi connectivity index (χ0) is 17.9. The lowest BCUT2D eigenvalue weighted by atomic mass is 9.90. The molecule has 132 valence electrons. The van der Waals surface area contributed by atoms with E-state index in [2.05, 4.69) is 17.4 Å². The number of benzene rings is 2. The van der Waals surface area contributed by atoms with Gasteiger partial charge < -0.3 is 10.4 Å². The zero-order valence-corrected chi connectivity index (χ0v) is 15.2. The summed E-state index contributed by atoms with van der Waals surface area (Å²) in [7, 11) is 0. The van der Waals surface area contributed by atoms with Gasteiger partial charge in [-0.05, 0) is 54.9 Å². The van der Waals surface area contributed by atoms with Gasteiger partial charge in [0.25, 0.3) is 0 Å². The molecule has 0 aliphatic heterocycles. The Hall–Kier alpha value is -1.84. The first-order chi connectivity index (χ1) is 12.0.